The third-order valence-corrected chi connectivity index (χ3v) is 7.54. The SMILES string of the molecule is COC(=O)C1C[C@@H](S(=O)(=O)c2ccc(F)cc2C(F)(F)F)CN1c1cc(C)nn1C(C)C. The molecule has 0 N–H and O–H groups in total. The lowest BCUT2D eigenvalue weighted by atomic mass is 10.2. The maximum atomic E-state index is 13.5. The van der Waals surface area contributed by atoms with Gasteiger partial charge in [-0.15, -0.1) is 0 Å². The molecule has 1 saturated heterocycles. The summed E-state index contributed by atoms with van der Waals surface area (Å²) in [5.74, 6) is -1.46. The van der Waals surface area contributed by atoms with Crippen LogP contribution < -0.4 is 4.90 Å². The van der Waals surface area contributed by atoms with Crippen molar-refractivity contribution in [2.45, 2.75) is 55.6 Å². The van der Waals surface area contributed by atoms with E-state index in [-0.39, 0.29) is 25.1 Å². The second kappa shape index (κ2) is 8.38. The smallest absolute Gasteiger partial charge is 0.417 e. The Bertz CT molecular complexity index is 1130. The van der Waals surface area contributed by atoms with Gasteiger partial charge in [0.25, 0.3) is 0 Å². The molecule has 0 spiro atoms. The molecule has 2 aromatic rings. The molecule has 0 amide bonds. The second-order valence-electron chi connectivity index (χ2n) is 7.91. The Labute approximate surface area is 182 Å². The normalized spacial score (nSPS) is 19.6. The molecule has 7 nitrogen and oxygen atoms in total. The van der Waals surface area contributed by atoms with Gasteiger partial charge in [-0.3, -0.25) is 0 Å². The lowest BCUT2D eigenvalue weighted by Crippen LogP contribution is -2.38. The van der Waals surface area contributed by atoms with E-state index in [0.717, 1.165) is 7.11 Å². The van der Waals surface area contributed by atoms with Gasteiger partial charge in [-0.1, -0.05) is 0 Å². The van der Waals surface area contributed by atoms with Crippen LogP contribution >= 0.6 is 0 Å². The number of hydrogen-bond donors (Lipinski definition) is 0. The predicted molar refractivity (Wildman–Crippen MR) is 107 cm³/mol. The Morgan fingerprint density at radius 2 is 1.91 bits per heavy atom. The lowest BCUT2D eigenvalue weighted by molar-refractivity contribution is -0.142. The van der Waals surface area contributed by atoms with Crippen LogP contribution in [-0.4, -0.2) is 49.1 Å². The minimum absolute atomic E-state index is 0.124. The van der Waals surface area contributed by atoms with Crippen molar-refractivity contribution in [3.05, 3.63) is 41.3 Å². The number of carbonyl (C=O) groups is 1. The van der Waals surface area contributed by atoms with Crippen LogP contribution in [-0.2, 0) is 25.5 Å². The average molecular weight is 477 g/mol. The summed E-state index contributed by atoms with van der Waals surface area (Å²) < 4.78 is 86.8. The fourth-order valence-corrected chi connectivity index (χ4v) is 5.77. The van der Waals surface area contributed by atoms with Crippen LogP contribution in [0.3, 0.4) is 0 Å². The number of aryl methyl sites for hydroxylation is 1. The zero-order chi connectivity index (χ0) is 24.0. The summed E-state index contributed by atoms with van der Waals surface area (Å²) in [7, 11) is -3.43. The topological polar surface area (TPSA) is 81.5 Å². The van der Waals surface area contributed by atoms with Crippen molar-refractivity contribution in [2.75, 3.05) is 18.6 Å². The Balaban J connectivity index is 2.08. The minimum Gasteiger partial charge on any atom is -0.467 e. The number of rotatable bonds is 5. The summed E-state index contributed by atoms with van der Waals surface area (Å²) >= 11 is 0. The molecule has 1 aliphatic rings. The van der Waals surface area contributed by atoms with Crippen LogP contribution in [0.2, 0.25) is 0 Å². The Morgan fingerprint density at radius 3 is 2.47 bits per heavy atom. The zero-order valence-corrected chi connectivity index (χ0v) is 18.7. The quantitative estimate of drug-likeness (QED) is 0.372. The molecular weight excluding hydrogens is 454 g/mol. The fraction of sp³-hybridized carbons (Fsp3) is 0.500. The van der Waals surface area contributed by atoms with Gasteiger partial charge >= 0.3 is 12.1 Å². The van der Waals surface area contributed by atoms with Crippen LogP contribution in [0.15, 0.2) is 29.2 Å². The molecule has 1 aliphatic heterocycles. The van der Waals surface area contributed by atoms with E-state index in [1.165, 1.54) is 4.90 Å². The monoisotopic (exact) mass is 477 g/mol. The number of methoxy groups -OCH3 is 1. The van der Waals surface area contributed by atoms with E-state index in [2.05, 4.69) is 5.10 Å². The van der Waals surface area contributed by atoms with Crippen LogP contribution in [0.5, 0.6) is 0 Å². The molecule has 12 heteroatoms. The third kappa shape index (κ3) is 4.32. The number of anilines is 1. The van der Waals surface area contributed by atoms with Crippen LogP contribution in [0.4, 0.5) is 23.4 Å². The largest absolute Gasteiger partial charge is 0.467 e. The highest BCUT2D eigenvalue weighted by molar-refractivity contribution is 7.92. The lowest BCUT2D eigenvalue weighted by Gasteiger charge is -2.26. The van der Waals surface area contributed by atoms with Gasteiger partial charge in [0, 0.05) is 18.7 Å². The molecule has 0 saturated carbocycles. The van der Waals surface area contributed by atoms with Gasteiger partial charge in [0.1, 0.15) is 17.7 Å². The van der Waals surface area contributed by atoms with Crippen LogP contribution in [0.1, 0.15) is 37.6 Å². The van der Waals surface area contributed by atoms with Gasteiger partial charge in [0.2, 0.25) is 0 Å². The standard InChI is InChI=1S/C20H23F4N3O4S/c1-11(2)27-18(7-12(3)25-27)26-10-14(9-16(26)19(28)31-4)32(29,30)17-6-5-13(21)8-15(17)20(22,23)24/h5-8,11,14,16H,9-10H2,1-4H3/t14-,16?/m1/s1. The van der Waals surface area contributed by atoms with E-state index in [9.17, 15) is 30.8 Å². The number of sulfone groups is 1. The van der Waals surface area contributed by atoms with Gasteiger partial charge in [-0.2, -0.15) is 18.3 Å². The molecule has 0 radical (unpaired) electrons. The first-order valence-corrected chi connectivity index (χ1v) is 11.3. The maximum absolute atomic E-state index is 13.5. The van der Waals surface area contributed by atoms with Crippen molar-refractivity contribution < 1.29 is 35.5 Å². The molecule has 2 atom stereocenters. The summed E-state index contributed by atoms with van der Waals surface area (Å²) in [6.45, 7) is 5.17. The Hall–Kier alpha value is -2.63. The number of alkyl halides is 3. The van der Waals surface area contributed by atoms with Gasteiger partial charge in [0.05, 0.1) is 28.5 Å². The number of esters is 1. The van der Waals surface area contributed by atoms with Gasteiger partial charge in [0.15, 0.2) is 9.84 Å². The van der Waals surface area contributed by atoms with E-state index in [1.54, 1.807) is 17.7 Å². The number of carbonyl (C=O) groups excluding carboxylic acids is 1. The van der Waals surface area contributed by atoms with E-state index in [1.807, 2.05) is 13.8 Å². The van der Waals surface area contributed by atoms with Crippen molar-refractivity contribution in [3.8, 4) is 0 Å². The first-order chi connectivity index (χ1) is 14.8. The number of ether oxygens (including phenoxy) is 1. The van der Waals surface area contributed by atoms with Crippen molar-refractivity contribution >= 4 is 21.6 Å². The van der Waals surface area contributed by atoms with Crippen molar-refractivity contribution in [1.29, 1.82) is 0 Å². The second-order valence-corrected chi connectivity index (χ2v) is 10.1. The molecule has 1 fully saturated rings. The number of hydrogen-bond acceptors (Lipinski definition) is 6. The van der Waals surface area contributed by atoms with E-state index >= 15 is 0 Å². The summed E-state index contributed by atoms with van der Waals surface area (Å²) in [5.41, 5.74) is -0.949. The molecule has 0 aliphatic carbocycles. The fourth-order valence-electron chi connectivity index (χ4n) is 3.88. The van der Waals surface area contributed by atoms with Crippen LogP contribution in [0, 0.1) is 12.7 Å². The highest BCUT2D eigenvalue weighted by Crippen LogP contribution is 2.39. The molecule has 1 unspecified atom stereocenters. The molecule has 1 aromatic carbocycles. The summed E-state index contributed by atoms with van der Waals surface area (Å²) in [5, 5.41) is 3.01. The summed E-state index contributed by atoms with van der Waals surface area (Å²) in [4.78, 5) is 12.9. The van der Waals surface area contributed by atoms with Gasteiger partial charge in [-0.25, -0.2) is 22.3 Å². The number of nitrogens with zero attached hydrogens (tertiary/aromatic N) is 3. The maximum Gasteiger partial charge on any atom is 0.417 e. The molecule has 176 valence electrons. The number of halogens is 4. The van der Waals surface area contributed by atoms with E-state index in [4.69, 9.17) is 4.74 Å². The van der Waals surface area contributed by atoms with Gasteiger partial charge < -0.3 is 9.64 Å². The molecule has 3 rings (SSSR count). The number of aromatic nitrogens is 2. The van der Waals surface area contributed by atoms with Crippen molar-refractivity contribution in [1.82, 2.24) is 9.78 Å². The summed E-state index contributed by atoms with van der Waals surface area (Å²) in [6.07, 6.45) is -5.36. The molecule has 2 heterocycles. The molecule has 1 aromatic heterocycles. The first-order valence-electron chi connectivity index (χ1n) is 9.78. The first kappa shape index (κ1) is 24.0. The third-order valence-electron chi connectivity index (χ3n) is 5.35. The zero-order valence-electron chi connectivity index (χ0n) is 17.9. The van der Waals surface area contributed by atoms with Crippen LogP contribution in [0.25, 0.3) is 0 Å². The molecular formula is C20H23F4N3O4S. The average Bonchev–Trinajstić information content (AvgIpc) is 3.30. The highest BCUT2D eigenvalue weighted by Gasteiger charge is 2.47. The Morgan fingerprint density at radius 1 is 1.25 bits per heavy atom. The Kier molecular flexibility index (Phi) is 6.29. The van der Waals surface area contributed by atoms with Gasteiger partial charge in [-0.05, 0) is 45.4 Å². The van der Waals surface area contributed by atoms with E-state index in [0.29, 0.717) is 23.6 Å². The molecule has 32 heavy (non-hydrogen) atoms. The number of benzene rings is 1. The van der Waals surface area contributed by atoms with Crippen molar-refractivity contribution in [2.24, 2.45) is 0 Å². The molecule has 0 bridgehead atoms. The van der Waals surface area contributed by atoms with E-state index < -0.39 is 49.6 Å². The summed E-state index contributed by atoms with van der Waals surface area (Å²) in [6, 6.07) is 1.96. The predicted octanol–water partition coefficient (Wildman–Crippen LogP) is 3.52. The van der Waals surface area contributed by atoms with Crippen molar-refractivity contribution in [3.63, 3.8) is 0 Å². The minimum atomic E-state index is -5.07. The highest BCUT2D eigenvalue weighted by atomic mass is 32.2.